The number of nitrogens with zero attached hydrogens (tertiary/aromatic N) is 2. The van der Waals surface area contributed by atoms with Crippen LogP contribution >= 0.6 is 0 Å². The Morgan fingerprint density at radius 2 is 0.950 bits per heavy atom. The second-order valence-electron chi connectivity index (χ2n) is 18.1. The van der Waals surface area contributed by atoms with Crippen molar-refractivity contribution in [1.29, 1.82) is 0 Å². The Balaban J connectivity index is 0.979. The smallest absolute Gasteiger partial charge is 0.160 e. The summed E-state index contributed by atoms with van der Waals surface area (Å²) in [6.45, 7) is 0. The van der Waals surface area contributed by atoms with Crippen molar-refractivity contribution in [2.24, 2.45) is 23.7 Å². The number of hydrogen-bond acceptors (Lipinski definition) is 2. The molecule has 14 rings (SSSR count). The van der Waals surface area contributed by atoms with E-state index in [0.717, 1.165) is 57.6 Å². The molecule has 1 spiro atoms. The number of benzene rings is 8. The van der Waals surface area contributed by atoms with Gasteiger partial charge in [0.15, 0.2) is 5.82 Å². The molecule has 60 heavy (non-hydrogen) atoms. The first kappa shape index (κ1) is 34.2. The molecule has 2 heteroatoms. The van der Waals surface area contributed by atoms with Gasteiger partial charge in [-0.3, -0.25) is 0 Å². The predicted molar refractivity (Wildman–Crippen MR) is 247 cm³/mol. The first-order chi connectivity index (χ1) is 29.7. The molecule has 8 aromatic carbocycles. The van der Waals surface area contributed by atoms with E-state index in [2.05, 4.69) is 176 Å². The van der Waals surface area contributed by atoms with Crippen molar-refractivity contribution in [2.75, 3.05) is 0 Å². The molecule has 5 aliphatic carbocycles. The molecule has 1 aromatic heterocycles. The lowest BCUT2D eigenvalue weighted by Gasteiger charge is -2.61. The molecule has 5 aliphatic rings. The summed E-state index contributed by atoms with van der Waals surface area (Å²) in [5, 5.41) is 5.10. The Morgan fingerprint density at radius 3 is 1.65 bits per heavy atom. The SMILES string of the molecule is c1ccc(-c2cc(-c3c(-c4ccc(-c5cccc6c5-c5cc7ccccc7cc5C65C6CC7CC(C6)CC5C7)cc4)ccc4ccccc34)nc(-c3ccccc3)n2)cc1. The Kier molecular flexibility index (Phi) is 7.52. The second kappa shape index (κ2) is 13.2. The van der Waals surface area contributed by atoms with Crippen LogP contribution in [-0.4, -0.2) is 9.97 Å². The normalized spacial score (nSPS) is 22.1. The topological polar surface area (TPSA) is 25.8 Å². The first-order valence-corrected chi connectivity index (χ1v) is 22.0. The molecule has 0 unspecified atom stereocenters. The molecule has 4 saturated carbocycles. The van der Waals surface area contributed by atoms with Crippen LogP contribution in [0.15, 0.2) is 182 Å². The zero-order valence-electron chi connectivity index (χ0n) is 33.6. The van der Waals surface area contributed by atoms with Crippen molar-refractivity contribution in [3.63, 3.8) is 0 Å². The lowest BCUT2D eigenvalue weighted by atomic mass is 9.43. The van der Waals surface area contributed by atoms with Gasteiger partial charge in [0.1, 0.15) is 0 Å². The molecule has 4 bridgehead atoms. The molecule has 1 heterocycles. The third kappa shape index (κ3) is 5.07. The Labute approximate surface area is 351 Å². The maximum Gasteiger partial charge on any atom is 0.160 e. The van der Waals surface area contributed by atoms with Gasteiger partial charge in [-0.05, 0) is 140 Å². The van der Waals surface area contributed by atoms with Crippen molar-refractivity contribution >= 4 is 21.5 Å². The predicted octanol–water partition coefficient (Wildman–Crippen LogP) is 14.8. The van der Waals surface area contributed by atoms with Gasteiger partial charge in [-0.15, -0.1) is 0 Å². The summed E-state index contributed by atoms with van der Waals surface area (Å²) in [6, 6.07) is 67.2. The highest BCUT2D eigenvalue weighted by Crippen LogP contribution is 2.70. The van der Waals surface area contributed by atoms with Gasteiger partial charge in [0.25, 0.3) is 0 Å². The molecule has 0 N–H and O–H groups in total. The minimum Gasteiger partial charge on any atom is -0.228 e. The van der Waals surface area contributed by atoms with Gasteiger partial charge >= 0.3 is 0 Å². The highest BCUT2D eigenvalue weighted by atomic mass is 14.9. The summed E-state index contributed by atoms with van der Waals surface area (Å²) in [4.78, 5) is 10.5. The summed E-state index contributed by atoms with van der Waals surface area (Å²) in [5.74, 6) is 4.01. The third-order valence-corrected chi connectivity index (χ3v) is 15.1. The number of rotatable bonds is 5. The van der Waals surface area contributed by atoms with Crippen molar-refractivity contribution < 1.29 is 0 Å². The van der Waals surface area contributed by atoms with Crippen LogP contribution < -0.4 is 0 Å². The Morgan fingerprint density at radius 1 is 0.367 bits per heavy atom. The van der Waals surface area contributed by atoms with Gasteiger partial charge in [0, 0.05) is 22.1 Å². The van der Waals surface area contributed by atoms with E-state index in [1.165, 1.54) is 87.0 Å². The van der Waals surface area contributed by atoms with Crippen LogP contribution in [-0.2, 0) is 5.41 Å². The van der Waals surface area contributed by atoms with E-state index < -0.39 is 0 Å². The van der Waals surface area contributed by atoms with Crippen LogP contribution in [0.2, 0.25) is 0 Å². The minimum atomic E-state index is 0.118. The summed E-state index contributed by atoms with van der Waals surface area (Å²) in [7, 11) is 0. The van der Waals surface area contributed by atoms with Gasteiger partial charge in [-0.2, -0.15) is 0 Å². The van der Waals surface area contributed by atoms with Gasteiger partial charge in [0.05, 0.1) is 11.4 Å². The van der Waals surface area contributed by atoms with Crippen molar-refractivity contribution in [2.45, 2.75) is 37.5 Å². The average molecular weight is 769 g/mol. The molecule has 4 fully saturated rings. The zero-order valence-corrected chi connectivity index (χ0v) is 33.6. The van der Waals surface area contributed by atoms with Gasteiger partial charge in [-0.1, -0.05) is 164 Å². The maximum atomic E-state index is 5.34. The van der Waals surface area contributed by atoms with Crippen LogP contribution in [0.1, 0.15) is 43.2 Å². The van der Waals surface area contributed by atoms with E-state index in [1.54, 1.807) is 11.1 Å². The van der Waals surface area contributed by atoms with Gasteiger partial charge in [0.2, 0.25) is 0 Å². The maximum absolute atomic E-state index is 5.34. The molecule has 0 saturated heterocycles. The fraction of sp³-hybridized carbons (Fsp3) is 0.172. The van der Waals surface area contributed by atoms with Crippen molar-refractivity contribution in [3.05, 3.63) is 193 Å². The fourth-order valence-electron chi connectivity index (χ4n) is 12.8. The van der Waals surface area contributed by atoms with Crippen LogP contribution in [0, 0.1) is 23.7 Å². The molecule has 0 atom stereocenters. The van der Waals surface area contributed by atoms with E-state index >= 15 is 0 Å². The quantitative estimate of drug-likeness (QED) is 0.174. The molecule has 286 valence electrons. The van der Waals surface area contributed by atoms with Crippen LogP contribution in [0.5, 0.6) is 0 Å². The molecule has 0 aliphatic heterocycles. The lowest BCUT2D eigenvalue weighted by molar-refractivity contribution is -0.0398. The lowest BCUT2D eigenvalue weighted by Crippen LogP contribution is -2.55. The molecule has 2 nitrogen and oxygen atoms in total. The summed E-state index contributed by atoms with van der Waals surface area (Å²) in [6.07, 6.45) is 7.01. The Bertz CT molecular complexity index is 3060. The fourth-order valence-corrected chi connectivity index (χ4v) is 12.8. The molecule has 0 radical (unpaired) electrons. The summed E-state index contributed by atoms with van der Waals surface area (Å²) < 4.78 is 0. The molecule has 0 amide bonds. The van der Waals surface area contributed by atoms with Crippen molar-refractivity contribution in [1.82, 2.24) is 9.97 Å². The zero-order chi connectivity index (χ0) is 39.4. The molecular weight excluding hydrogens is 725 g/mol. The van der Waals surface area contributed by atoms with Crippen LogP contribution in [0.4, 0.5) is 0 Å². The van der Waals surface area contributed by atoms with E-state index in [-0.39, 0.29) is 5.41 Å². The van der Waals surface area contributed by atoms with E-state index in [9.17, 15) is 0 Å². The minimum absolute atomic E-state index is 0.118. The summed E-state index contributed by atoms with van der Waals surface area (Å²) >= 11 is 0. The highest BCUT2D eigenvalue weighted by molar-refractivity contribution is 6.04. The van der Waals surface area contributed by atoms with Gasteiger partial charge < -0.3 is 0 Å². The van der Waals surface area contributed by atoms with Crippen LogP contribution in [0.25, 0.3) is 88.8 Å². The second-order valence-corrected chi connectivity index (χ2v) is 18.1. The monoisotopic (exact) mass is 768 g/mol. The largest absolute Gasteiger partial charge is 0.228 e. The number of aromatic nitrogens is 2. The van der Waals surface area contributed by atoms with Gasteiger partial charge in [-0.25, -0.2) is 9.97 Å². The molecule has 9 aromatic rings. The number of hydrogen-bond donors (Lipinski definition) is 0. The van der Waals surface area contributed by atoms with E-state index in [1.807, 2.05) is 6.07 Å². The average Bonchev–Trinajstić information content (AvgIpc) is 3.59. The molecular formula is C58H44N2. The summed E-state index contributed by atoms with van der Waals surface area (Å²) in [5.41, 5.74) is 16.3. The van der Waals surface area contributed by atoms with E-state index in [4.69, 9.17) is 9.97 Å². The Hall–Kier alpha value is -6.64. The van der Waals surface area contributed by atoms with Crippen LogP contribution in [0.3, 0.4) is 0 Å². The van der Waals surface area contributed by atoms with Crippen molar-refractivity contribution in [3.8, 4) is 67.3 Å². The number of fused-ring (bicyclic) bond motifs is 5. The third-order valence-electron chi connectivity index (χ3n) is 15.1. The highest BCUT2D eigenvalue weighted by Gasteiger charge is 2.61. The standard InChI is InChI=1S/C58H44N2/c1-3-13-41(14-4-1)53-35-54(60-57(59-53)42-15-5-2-6-16-42)56-48-19-10-9-12-38(48)26-27-49(56)40-24-22-39(23-25-40)47-20-11-21-51-55(47)50-33-43-17-7-8-18-44(43)34-52(50)58(51)45-29-36-28-37(31-45)32-46(58)30-36/h1-27,33-37,45-46H,28-32H2. The first-order valence-electron chi connectivity index (χ1n) is 22.0. The van der Waals surface area contributed by atoms with E-state index in [0.29, 0.717) is 0 Å².